The van der Waals surface area contributed by atoms with Crippen molar-refractivity contribution in [3.63, 3.8) is 0 Å². The number of hydrogen-bond donors (Lipinski definition) is 3. The van der Waals surface area contributed by atoms with Crippen LogP contribution in [0.1, 0.15) is 25.3 Å². The lowest BCUT2D eigenvalue weighted by Gasteiger charge is -2.07. The number of rotatable bonds is 6. The normalized spacial score (nSPS) is 10.4. The lowest BCUT2D eigenvalue weighted by atomic mass is 10.1. The van der Waals surface area contributed by atoms with E-state index in [0.29, 0.717) is 0 Å². The zero-order valence-electron chi connectivity index (χ0n) is 14.4. The van der Waals surface area contributed by atoms with Gasteiger partial charge in [0, 0.05) is 17.6 Å². The average Bonchev–Trinajstić information content (AvgIpc) is 3.10. The van der Waals surface area contributed by atoms with Crippen molar-refractivity contribution >= 4 is 17.4 Å². The number of aromatic nitrogens is 1. The van der Waals surface area contributed by atoms with Gasteiger partial charge >= 0.3 is 6.03 Å². The van der Waals surface area contributed by atoms with Crippen LogP contribution in [-0.2, 0) is 6.42 Å². The van der Waals surface area contributed by atoms with Gasteiger partial charge < -0.3 is 15.6 Å². The molecule has 1 heterocycles. The monoisotopic (exact) mass is 333 g/mol. The summed E-state index contributed by atoms with van der Waals surface area (Å²) in [4.78, 5) is 15.3. The molecule has 0 aliphatic heterocycles. The molecule has 3 aromatic rings. The number of anilines is 2. The van der Waals surface area contributed by atoms with E-state index in [1.54, 1.807) is 6.20 Å². The Morgan fingerprint density at radius 1 is 0.960 bits per heavy atom. The highest BCUT2D eigenvalue weighted by atomic mass is 16.2. The third kappa shape index (κ3) is 4.73. The van der Waals surface area contributed by atoms with Gasteiger partial charge in [-0.25, -0.2) is 4.79 Å². The number of unbranched alkanes of at least 4 members (excludes halogenated alkanes) is 1. The van der Waals surface area contributed by atoms with E-state index in [0.717, 1.165) is 29.1 Å². The number of urea groups is 1. The van der Waals surface area contributed by atoms with Gasteiger partial charge in [-0.15, -0.1) is 0 Å². The molecule has 3 rings (SSSR count). The summed E-state index contributed by atoms with van der Waals surface area (Å²) in [5, 5.41) is 5.71. The summed E-state index contributed by atoms with van der Waals surface area (Å²) >= 11 is 0. The molecule has 0 unspecified atom stereocenters. The summed E-state index contributed by atoms with van der Waals surface area (Å²) in [5.41, 5.74) is 4.87. The molecule has 0 aliphatic carbocycles. The first-order chi connectivity index (χ1) is 12.2. The van der Waals surface area contributed by atoms with Crippen LogP contribution >= 0.6 is 0 Å². The van der Waals surface area contributed by atoms with Crippen molar-refractivity contribution < 1.29 is 4.79 Å². The molecule has 2 amide bonds. The summed E-state index contributed by atoms with van der Waals surface area (Å²) in [6, 6.07) is 19.7. The Bertz CT molecular complexity index is 807. The molecule has 0 saturated carbocycles. The number of carbonyl (C=O) groups excluding carboxylic acids is 1. The molecule has 4 heteroatoms. The van der Waals surface area contributed by atoms with Gasteiger partial charge in [0.2, 0.25) is 0 Å². The average molecular weight is 333 g/mol. The lowest BCUT2D eigenvalue weighted by molar-refractivity contribution is 0.262. The Morgan fingerprint density at radius 2 is 1.68 bits per heavy atom. The van der Waals surface area contributed by atoms with Gasteiger partial charge in [0.05, 0.1) is 5.69 Å². The van der Waals surface area contributed by atoms with Crippen molar-refractivity contribution in [2.45, 2.75) is 26.2 Å². The van der Waals surface area contributed by atoms with Crippen molar-refractivity contribution in [2.24, 2.45) is 0 Å². The predicted molar refractivity (Wildman–Crippen MR) is 104 cm³/mol. The Hall–Kier alpha value is -3.01. The van der Waals surface area contributed by atoms with E-state index in [1.807, 2.05) is 48.5 Å². The summed E-state index contributed by atoms with van der Waals surface area (Å²) in [5.74, 6) is 0. The third-order valence-electron chi connectivity index (χ3n) is 4.06. The minimum atomic E-state index is -0.250. The maximum atomic E-state index is 12.1. The first kappa shape index (κ1) is 16.8. The van der Waals surface area contributed by atoms with Crippen molar-refractivity contribution in [3.8, 4) is 11.3 Å². The summed E-state index contributed by atoms with van der Waals surface area (Å²) < 4.78 is 0. The van der Waals surface area contributed by atoms with Crippen LogP contribution in [0.3, 0.4) is 0 Å². The fraction of sp³-hybridized carbons (Fsp3) is 0.190. The zero-order chi connectivity index (χ0) is 17.5. The van der Waals surface area contributed by atoms with Gasteiger partial charge in [0.15, 0.2) is 0 Å². The summed E-state index contributed by atoms with van der Waals surface area (Å²) in [6.45, 7) is 2.18. The number of amides is 2. The molecule has 0 radical (unpaired) electrons. The standard InChI is InChI=1S/C21H23N3O/c1-2-3-7-16-10-12-18(13-11-16)23-21(25)24-19-14-20(22-15-19)17-8-5-4-6-9-17/h4-6,8-15,22H,2-3,7H2,1H3,(H2,23,24,25). The molecular formula is C21H23N3O. The number of nitrogens with one attached hydrogen (secondary N) is 3. The van der Waals surface area contributed by atoms with E-state index in [-0.39, 0.29) is 6.03 Å². The molecule has 3 N–H and O–H groups in total. The van der Waals surface area contributed by atoms with E-state index in [2.05, 4.69) is 34.7 Å². The highest BCUT2D eigenvalue weighted by Crippen LogP contribution is 2.21. The fourth-order valence-corrected chi connectivity index (χ4v) is 2.68. The Labute approximate surface area is 148 Å². The van der Waals surface area contributed by atoms with Crippen molar-refractivity contribution in [3.05, 3.63) is 72.4 Å². The Kier molecular flexibility index (Phi) is 5.52. The lowest BCUT2D eigenvalue weighted by Crippen LogP contribution is -2.18. The van der Waals surface area contributed by atoms with E-state index >= 15 is 0 Å². The van der Waals surface area contributed by atoms with E-state index in [9.17, 15) is 4.79 Å². The van der Waals surface area contributed by atoms with E-state index in [1.165, 1.54) is 18.4 Å². The van der Waals surface area contributed by atoms with Crippen LogP contribution in [-0.4, -0.2) is 11.0 Å². The molecule has 0 atom stereocenters. The van der Waals surface area contributed by atoms with Gasteiger partial charge in [0.1, 0.15) is 0 Å². The first-order valence-electron chi connectivity index (χ1n) is 8.65. The molecule has 0 bridgehead atoms. The second-order valence-electron chi connectivity index (χ2n) is 6.05. The van der Waals surface area contributed by atoms with Gasteiger partial charge in [0.25, 0.3) is 0 Å². The van der Waals surface area contributed by atoms with E-state index < -0.39 is 0 Å². The van der Waals surface area contributed by atoms with E-state index in [4.69, 9.17) is 0 Å². The maximum Gasteiger partial charge on any atom is 0.323 e. The quantitative estimate of drug-likeness (QED) is 0.535. The minimum absolute atomic E-state index is 0.250. The maximum absolute atomic E-state index is 12.1. The van der Waals surface area contributed by atoms with Crippen LogP contribution in [0.5, 0.6) is 0 Å². The Morgan fingerprint density at radius 3 is 2.40 bits per heavy atom. The third-order valence-corrected chi connectivity index (χ3v) is 4.06. The number of aryl methyl sites for hydroxylation is 1. The van der Waals surface area contributed by atoms with Gasteiger partial charge in [-0.3, -0.25) is 0 Å². The molecule has 0 spiro atoms. The van der Waals surface area contributed by atoms with Crippen LogP contribution in [0, 0.1) is 0 Å². The molecule has 4 nitrogen and oxygen atoms in total. The van der Waals surface area contributed by atoms with Crippen LogP contribution in [0.2, 0.25) is 0 Å². The molecule has 0 saturated heterocycles. The Balaban J connectivity index is 1.57. The molecule has 2 aromatic carbocycles. The number of carbonyl (C=O) groups is 1. The number of hydrogen-bond acceptors (Lipinski definition) is 1. The topological polar surface area (TPSA) is 56.9 Å². The SMILES string of the molecule is CCCCc1ccc(NC(=O)Nc2c[nH]c(-c3ccccc3)c2)cc1. The van der Waals surface area contributed by atoms with Gasteiger partial charge in [-0.05, 0) is 42.2 Å². The zero-order valence-corrected chi connectivity index (χ0v) is 14.4. The van der Waals surface area contributed by atoms with Crippen LogP contribution in [0.25, 0.3) is 11.3 Å². The second-order valence-corrected chi connectivity index (χ2v) is 6.05. The molecular weight excluding hydrogens is 310 g/mol. The highest BCUT2D eigenvalue weighted by Gasteiger charge is 2.06. The predicted octanol–water partition coefficient (Wildman–Crippen LogP) is 5.67. The van der Waals surface area contributed by atoms with Crippen LogP contribution < -0.4 is 10.6 Å². The minimum Gasteiger partial charge on any atom is -0.359 e. The second kappa shape index (κ2) is 8.20. The molecule has 25 heavy (non-hydrogen) atoms. The number of benzene rings is 2. The molecule has 1 aromatic heterocycles. The highest BCUT2D eigenvalue weighted by molar-refractivity contribution is 6.00. The van der Waals surface area contributed by atoms with Crippen molar-refractivity contribution in [1.82, 2.24) is 4.98 Å². The summed E-state index contributed by atoms with van der Waals surface area (Å²) in [7, 11) is 0. The number of H-pyrrole nitrogens is 1. The van der Waals surface area contributed by atoms with Crippen molar-refractivity contribution in [2.75, 3.05) is 10.6 Å². The smallest absolute Gasteiger partial charge is 0.323 e. The summed E-state index contributed by atoms with van der Waals surface area (Å²) in [6.07, 6.45) is 5.24. The molecule has 0 aliphatic rings. The van der Waals surface area contributed by atoms with Crippen LogP contribution in [0.15, 0.2) is 66.9 Å². The molecule has 0 fully saturated rings. The van der Waals surface area contributed by atoms with Crippen LogP contribution in [0.4, 0.5) is 16.2 Å². The first-order valence-corrected chi connectivity index (χ1v) is 8.65. The largest absolute Gasteiger partial charge is 0.359 e. The van der Waals surface area contributed by atoms with Gasteiger partial charge in [-0.1, -0.05) is 55.8 Å². The number of aromatic amines is 1. The van der Waals surface area contributed by atoms with Gasteiger partial charge in [-0.2, -0.15) is 0 Å². The fourth-order valence-electron chi connectivity index (χ4n) is 2.68. The molecule has 128 valence electrons. The van der Waals surface area contributed by atoms with Crippen molar-refractivity contribution in [1.29, 1.82) is 0 Å².